The summed E-state index contributed by atoms with van der Waals surface area (Å²) < 4.78 is 25.6. The van der Waals surface area contributed by atoms with Gasteiger partial charge in [-0.1, -0.05) is 29.3 Å². The highest BCUT2D eigenvalue weighted by Crippen LogP contribution is 2.23. The van der Waals surface area contributed by atoms with E-state index in [2.05, 4.69) is 10.6 Å². The molecule has 0 spiro atoms. The summed E-state index contributed by atoms with van der Waals surface area (Å²) in [6.07, 6.45) is 5.39. The molecule has 0 atom stereocenters. The molecule has 3 nitrogen and oxygen atoms in total. The molecule has 0 saturated carbocycles. The first-order valence-electron chi connectivity index (χ1n) is 4.79. The van der Waals surface area contributed by atoms with E-state index in [0.29, 0.717) is 22.0 Å². The number of terminal acetylenes is 1. The number of nitrogens with one attached hydrogen (secondary N) is 1. The van der Waals surface area contributed by atoms with Crippen molar-refractivity contribution in [2.24, 2.45) is 0 Å². The minimum atomic E-state index is -3.38. The van der Waals surface area contributed by atoms with Crippen LogP contribution < -0.4 is 4.72 Å². The molecule has 0 fully saturated rings. The van der Waals surface area contributed by atoms with Crippen molar-refractivity contribution in [2.45, 2.75) is 12.2 Å². The van der Waals surface area contributed by atoms with E-state index in [0.717, 1.165) is 0 Å². The predicted molar refractivity (Wildman–Crippen MR) is 70.5 cm³/mol. The third kappa shape index (κ3) is 4.97. The monoisotopic (exact) mass is 291 g/mol. The molecule has 0 unspecified atom stereocenters. The van der Waals surface area contributed by atoms with Gasteiger partial charge in [-0.2, -0.15) is 0 Å². The fourth-order valence-electron chi connectivity index (χ4n) is 1.18. The lowest BCUT2D eigenvalue weighted by atomic mass is 10.2. The van der Waals surface area contributed by atoms with Crippen LogP contribution in [0.25, 0.3) is 0 Å². The molecule has 0 aliphatic carbocycles. The Labute approximate surface area is 111 Å². The highest BCUT2D eigenvalue weighted by molar-refractivity contribution is 7.88. The van der Waals surface area contributed by atoms with Crippen LogP contribution in [0.2, 0.25) is 10.0 Å². The smallest absolute Gasteiger partial charge is 0.214 e. The second kappa shape index (κ2) is 6.27. The molecule has 1 aromatic carbocycles. The summed E-state index contributed by atoms with van der Waals surface area (Å²) in [4.78, 5) is 0. The fourth-order valence-corrected chi connectivity index (χ4v) is 2.63. The standard InChI is InChI=1S/C11H11Cl2NO2S/c1-2-3-6-14-17(15,16)8-9-4-5-10(12)11(13)7-9/h1,4-5,7,14H,3,6,8H2. The van der Waals surface area contributed by atoms with Crippen molar-refractivity contribution in [1.82, 2.24) is 4.72 Å². The van der Waals surface area contributed by atoms with Crippen LogP contribution in [0.15, 0.2) is 18.2 Å². The van der Waals surface area contributed by atoms with Crippen molar-refractivity contribution in [2.75, 3.05) is 6.54 Å². The van der Waals surface area contributed by atoms with Gasteiger partial charge in [-0.05, 0) is 17.7 Å². The van der Waals surface area contributed by atoms with Gasteiger partial charge >= 0.3 is 0 Å². The minimum Gasteiger partial charge on any atom is -0.214 e. The molecule has 0 bridgehead atoms. The summed E-state index contributed by atoms with van der Waals surface area (Å²) in [5.74, 6) is 2.21. The van der Waals surface area contributed by atoms with Gasteiger partial charge in [0, 0.05) is 13.0 Å². The number of sulfonamides is 1. The number of hydrogen-bond acceptors (Lipinski definition) is 2. The molecule has 0 amide bonds. The normalized spacial score (nSPS) is 11.1. The Morgan fingerprint density at radius 3 is 2.59 bits per heavy atom. The summed E-state index contributed by atoms with van der Waals surface area (Å²) in [6, 6.07) is 4.72. The largest absolute Gasteiger partial charge is 0.215 e. The Kier molecular flexibility index (Phi) is 5.29. The maximum atomic E-state index is 11.6. The van der Waals surface area contributed by atoms with Crippen LogP contribution >= 0.6 is 23.2 Å². The Hall–Kier alpha value is -0.730. The van der Waals surface area contributed by atoms with Crippen LogP contribution in [-0.4, -0.2) is 15.0 Å². The second-order valence-electron chi connectivity index (χ2n) is 3.36. The highest BCUT2D eigenvalue weighted by Gasteiger charge is 2.11. The minimum absolute atomic E-state index is 0.144. The van der Waals surface area contributed by atoms with Crippen LogP contribution in [0, 0.1) is 12.3 Å². The van der Waals surface area contributed by atoms with Crippen molar-refractivity contribution in [3.05, 3.63) is 33.8 Å². The van der Waals surface area contributed by atoms with E-state index in [1.54, 1.807) is 12.1 Å². The van der Waals surface area contributed by atoms with Gasteiger partial charge in [-0.3, -0.25) is 0 Å². The van der Waals surface area contributed by atoms with E-state index in [4.69, 9.17) is 29.6 Å². The average Bonchev–Trinajstić information content (AvgIpc) is 2.23. The van der Waals surface area contributed by atoms with E-state index < -0.39 is 10.0 Å². The molecule has 0 aliphatic rings. The third-order valence-electron chi connectivity index (χ3n) is 1.93. The number of hydrogen-bond donors (Lipinski definition) is 1. The maximum Gasteiger partial charge on any atom is 0.215 e. The molecular weight excluding hydrogens is 281 g/mol. The zero-order chi connectivity index (χ0) is 12.9. The maximum absolute atomic E-state index is 11.6. The molecule has 0 heterocycles. The van der Waals surface area contributed by atoms with Crippen LogP contribution in [0.4, 0.5) is 0 Å². The Balaban J connectivity index is 2.70. The lowest BCUT2D eigenvalue weighted by Gasteiger charge is -2.06. The Morgan fingerprint density at radius 2 is 2.00 bits per heavy atom. The van der Waals surface area contributed by atoms with E-state index in [1.807, 2.05) is 0 Å². The summed E-state index contributed by atoms with van der Waals surface area (Å²) >= 11 is 11.5. The van der Waals surface area contributed by atoms with E-state index in [9.17, 15) is 8.42 Å². The van der Waals surface area contributed by atoms with Gasteiger partial charge in [0.15, 0.2) is 0 Å². The van der Waals surface area contributed by atoms with E-state index >= 15 is 0 Å². The summed E-state index contributed by atoms with van der Waals surface area (Å²) in [6.45, 7) is 0.236. The third-order valence-corrected chi connectivity index (χ3v) is 4.03. The van der Waals surface area contributed by atoms with Gasteiger partial charge in [0.2, 0.25) is 10.0 Å². The molecule has 0 aliphatic heterocycles. The Bertz CT molecular complexity index is 535. The summed E-state index contributed by atoms with van der Waals surface area (Å²) in [5, 5.41) is 0.732. The van der Waals surface area contributed by atoms with Crippen LogP contribution in [0.1, 0.15) is 12.0 Å². The molecule has 0 saturated heterocycles. The van der Waals surface area contributed by atoms with Gasteiger partial charge in [-0.25, -0.2) is 13.1 Å². The second-order valence-corrected chi connectivity index (χ2v) is 5.98. The lowest BCUT2D eigenvalue weighted by Crippen LogP contribution is -2.25. The van der Waals surface area contributed by atoms with Crippen molar-refractivity contribution >= 4 is 33.2 Å². The number of rotatable bonds is 5. The Morgan fingerprint density at radius 1 is 1.29 bits per heavy atom. The molecule has 0 aromatic heterocycles. The molecular formula is C11H11Cl2NO2S. The van der Waals surface area contributed by atoms with Crippen LogP contribution in [0.3, 0.4) is 0 Å². The molecule has 1 rings (SSSR count). The SMILES string of the molecule is C#CCCNS(=O)(=O)Cc1ccc(Cl)c(Cl)c1. The van der Waals surface area contributed by atoms with Gasteiger partial charge in [-0.15, -0.1) is 12.3 Å². The van der Waals surface area contributed by atoms with Gasteiger partial charge in [0.05, 0.1) is 15.8 Å². The summed E-state index contributed by atoms with van der Waals surface area (Å²) in [7, 11) is -3.38. The summed E-state index contributed by atoms with van der Waals surface area (Å²) in [5.41, 5.74) is 0.576. The zero-order valence-electron chi connectivity index (χ0n) is 8.91. The van der Waals surface area contributed by atoms with Crippen LogP contribution in [0.5, 0.6) is 0 Å². The lowest BCUT2D eigenvalue weighted by molar-refractivity contribution is 0.581. The first-order chi connectivity index (χ1) is 7.94. The first-order valence-corrected chi connectivity index (χ1v) is 7.20. The van der Waals surface area contributed by atoms with Crippen molar-refractivity contribution in [3.63, 3.8) is 0 Å². The molecule has 92 valence electrons. The number of benzene rings is 1. The van der Waals surface area contributed by atoms with E-state index in [1.165, 1.54) is 6.07 Å². The zero-order valence-corrected chi connectivity index (χ0v) is 11.2. The van der Waals surface area contributed by atoms with Gasteiger partial charge < -0.3 is 0 Å². The average molecular weight is 292 g/mol. The quantitative estimate of drug-likeness (QED) is 0.669. The van der Waals surface area contributed by atoms with Crippen molar-refractivity contribution < 1.29 is 8.42 Å². The fraction of sp³-hybridized carbons (Fsp3) is 0.273. The molecule has 6 heteroatoms. The predicted octanol–water partition coefficient (Wildman–Crippen LogP) is 2.44. The van der Waals surface area contributed by atoms with E-state index in [-0.39, 0.29) is 12.3 Å². The van der Waals surface area contributed by atoms with Gasteiger partial charge in [0.1, 0.15) is 0 Å². The molecule has 0 radical (unpaired) electrons. The van der Waals surface area contributed by atoms with Gasteiger partial charge in [0.25, 0.3) is 0 Å². The van der Waals surface area contributed by atoms with Crippen LogP contribution in [-0.2, 0) is 15.8 Å². The molecule has 1 aromatic rings. The molecule has 17 heavy (non-hydrogen) atoms. The highest BCUT2D eigenvalue weighted by atomic mass is 35.5. The van der Waals surface area contributed by atoms with Crippen molar-refractivity contribution in [3.8, 4) is 12.3 Å². The molecule has 1 N–H and O–H groups in total. The number of halogens is 2. The van der Waals surface area contributed by atoms with Crippen molar-refractivity contribution in [1.29, 1.82) is 0 Å². The topological polar surface area (TPSA) is 46.2 Å². The first kappa shape index (κ1) is 14.3.